The topological polar surface area (TPSA) is 0 Å². The molecule has 0 aliphatic carbocycles. The van der Waals surface area contributed by atoms with Crippen LogP contribution in [0.25, 0.3) is 0 Å². The van der Waals surface area contributed by atoms with Crippen LogP contribution in [0.1, 0.15) is 10.8 Å². The second-order valence-electron chi connectivity index (χ2n) is 2.07. The van der Waals surface area contributed by atoms with Gasteiger partial charge in [-0.05, 0) is 0 Å². The molecule has 0 aromatic heterocycles. The summed E-state index contributed by atoms with van der Waals surface area (Å²) in [5.41, 5.74) is 1.16. The van der Waals surface area contributed by atoms with E-state index >= 15 is 0 Å². The van der Waals surface area contributed by atoms with Gasteiger partial charge in [0.1, 0.15) is 0 Å². The zero-order chi connectivity index (χ0) is 7.40. The van der Waals surface area contributed by atoms with Crippen LogP contribution in [0, 0.1) is 0 Å². The molecule has 0 saturated carbocycles. The molecule has 0 amide bonds. The van der Waals surface area contributed by atoms with Gasteiger partial charge in [-0.1, -0.05) is 35.9 Å². The fourth-order valence-corrected chi connectivity index (χ4v) is 1.11. The molecule has 0 nitrogen and oxygen atoms in total. The summed E-state index contributed by atoms with van der Waals surface area (Å²) >= 11 is 9.95. The Morgan fingerprint density at radius 2 is 1.73 bits per heavy atom. The van der Waals surface area contributed by atoms with E-state index in [0.717, 1.165) is 5.56 Å². The quantitative estimate of drug-likeness (QED) is 0.565. The fraction of sp³-hybridized carbons (Fsp3) is 0.250. The normalized spacial score (nSPS) is 11.8. The Labute approximate surface area is 91.4 Å². The van der Waals surface area contributed by atoms with Gasteiger partial charge in [0.05, 0.1) is 0 Å². The van der Waals surface area contributed by atoms with Crippen molar-refractivity contribution in [3.63, 3.8) is 0 Å². The van der Waals surface area contributed by atoms with Crippen molar-refractivity contribution in [2.24, 2.45) is 0 Å². The Balaban J connectivity index is 0.000001000. The van der Waals surface area contributed by atoms with Crippen molar-refractivity contribution in [3.05, 3.63) is 35.9 Å². The van der Waals surface area contributed by atoms with Crippen LogP contribution in [-0.2, 0) is 44.7 Å². The van der Waals surface area contributed by atoms with Crippen LogP contribution < -0.4 is 0 Å². The van der Waals surface area contributed by atoms with Crippen LogP contribution in [0.5, 0.6) is 0 Å². The van der Waals surface area contributed by atoms with Crippen molar-refractivity contribution in [1.29, 1.82) is 0 Å². The van der Waals surface area contributed by atoms with Gasteiger partial charge in [-0.2, -0.15) is 11.0 Å². The van der Waals surface area contributed by atoms with E-state index in [9.17, 15) is 0 Å². The van der Waals surface area contributed by atoms with Crippen LogP contribution in [0.2, 0.25) is 0 Å². The van der Waals surface area contributed by atoms with E-state index in [-0.39, 0.29) is 24.7 Å². The van der Waals surface area contributed by atoms with Gasteiger partial charge < -0.3 is 25.3 Å². The molecule has 0 saturated heterocycles. The molecule has 1 aromatic carbocycles. The smallest absolute Gasteiger partial charge is 0.794 e. The third-order valence-electron chi connectivity index (χ3n) is 1.32. The minimum absolute atomic E-state index is 0. The standard InChI is InChI=1S/C8H10S2.Zn/c9-6-8(10)7-4-2-1-3-5-7;/h1-5,8-10H,6H2;/q;+2/p-2. The Morgan fingerprint density at radius 1 is 1.18 bits per heavy atom. The zero-order valence-corrected chi connectivity index (χ0v) is 10.8. The predicted octanol–water partition coefficient (Wildman–Crippen LogP) is 1.82. The molecule has 1 atom stereocenters. The van der Waals surface area contributed by atoms with Crippen LogP contribution >= 0.6 is 0 Å². The molecular weight excluding hydrogens is 226 g/mol. The largest absolute Gasteiger partial charge is 2.00 e. The van der Waals surface area contributed by atoms with Gasteiger partial charge in [-0.25, -0.2) is 0 Å². The summed E-state index contributed by atoms with van der Waals surface area (Å²) in [5.74, 6) is 0.624. The first-order chi connectivity index (χ1) is 4.84. The summed E-state index contributed by atoms with van der Waals surface area (Å²) in [6, 6.07) is 9.99. The maximum Gasteiger partial charge on any atom is 2.00 e. The van der Waals surface area contributed by atoms with E-state index in [2.05, 4.69) is 0 Å². The summed E-state index contributed by atoms with van der Waals surface area (Å²) in [7, 11) is 0. The first kappa shape index (κ1) is 11.5. The molecule has 0 aliphatic heterocycles. The van der Waals surface area contributed by atoms with Crippen LogP contribution in [0.3, 0.4) is 0 Å². The zero-order valence-electron chi connectivity index (χ0n) is 6.19. The molecule has 0 fully saturated rings. The van der Waals surface area contributed by atoms with E-state index in [0.29, 0.717) is 5.75 Å². The molecule has 54 valence electrons. The monoisotopic (exact) mass is 232 g/mol. The Bertz CT molecular complexity index is 189. The molecule has 1 unspecified atom stereocenters. The van der Waals surface area contributed by atoms with Crippen molar-refractivity contribution in [2.45, 2.75) is 5.25 Å². The molecule has 3 heteroatoms. The Morgan fingerprint density at radius 3 is 2.18 bits per heavy atom. The van der Waals surface area contributed by atoms with Crippen LogP contribution in [0.4, 0.5) is 0 Å². The molecule has 0 spiro atoms. The average molecular weight is 234 g/mol. The maximum absolute atomic E-state index is 5.10. The predicted molar refractivity (Wildman–Crippen MR) is 48.8 cm³/mol. The molecule has 0 heterocycles. The molecule has 0 radical (unpaired) electrons. The van der Waals surface area contributed by atoms with Crippen molar-refractivity contribution in [3.8, 4) is 0 Å². The minimum Gasteiger partial charge on any atom is -0.794 e. The second-order valence-corrected chi connectivity index (χ2v) is 2.97. The molecule has 0 aliphatic rings. The first-order valence-corrected chi connectivity index (χ1v) is 4.18. The minimum atomic E-state index is 0. The van der Waals surface area contributed by atoms with Gasteiger partial charge >= 0.3 is 19.5 Å². The number of hydrogen-bond acceptors (Lipinski definition) is 2. The van der Waals surface area contributed by atoms with Crippen molar-refractivity contribution in [2.75, 3.05) is 5.75 Å². The summed E-state index contributed by atoms with van der Waals surface area (Å²) in [6.07, 6.45) is 0. The van der Waals surface area contributed by atoms with Crippen molar-refractivity contribution >= 4 is 25.3 Å². The van der Waals surface area contributed by atoms with E-state index < -0.39 is 0 Å². The number of hydrogen-bond donors (Lipinski definition) is 0. The fourth-order valence-electron chi connectivity index (χ4n) is 0.764. The molecule has 0 bridgehead atoms. The summed E-state index contributed by atoms with van der Waals surface area (Å²) in [6.45, 7) is 0. The average Bonchev–Trinajstić information content (AvgIpc) is 2.05. The molecule has 0 N–H and O–H groups in total. The molecular formula is C8H8S2Zn. The Kier molecular flexibility index (Phi) is 6.40. The van der Waals surface area contributed by atoms with E-state index in [1.165, 1.54) is 0 Å². The first-order valence-electron chi connectivity index (χ1n) is 3.13. The summed E-state index contributed by atoms with van der Waals surface area (Å²) in [5, 5.41) is 0.108. The molecule has 1 rings (SSSR count). The van der Waals surface area contributed by atoms with Crippen LogP contribution in [-0.4, -0.2) is 5.75 Å². The maximum atomic E-state index is 5.10. The third-order valence-corrected chi connectivity index (χ3v) is 2.31. The van der Waals surface area contributed by atoms with Gasteiger partial charge in [0, 0.05) is 0 Å². The van der Waals surface area contributed by atoms with E-state index in [1.54, 1.807) is 0 Å². The third kappa shape index (κ3) is 3.64. The van der Waals surface area contributed by atoms with Crippen molar-refractivity contribution in [1.82, 2.24) is 0 Å². The van der Waals surface area contributed by atoms with Gasteiger partial charge in [0.25, 0.3) is 0 Å². The second kappa shape index (κ2) is 6.10. The Hall–Kier alpha value is 0.543. The van der Waals surface area contributed by atoms with E-state index in [1.807, 2.05) is 30.3 Å². The SMILES string of the molecule is [S-]CC([S-])c1ccccc1.[Zn+2]. The van der Waals surface area contributed by atoms with Gasteiger partial charge in [-0.15, -0.1) is 0 Å². The summed E-state index contributed by atoms with van der Waals surface area (Å²) < 4.78 is 0. The van der Waals surface area contributed by atoms with Crippen molar-refractivity contribution < 1.29 is 19.5 Å². The molecule has 11 heavy (non-hydrogen) atoms. The van der Waals surface area contributed by atoms with Gasteiger partial charge in [0.2, 0.25) is 0 Å². The van der Waals surface area contributed by atoms with Crippen LogP contribution in [0.15, 0.2) is 30.3 Å². The molecule has 1 aromatic rings. The van der Waals surface area contributed by atoms with E-state index in [4.69, 9.17) is 25.3 Å². The van der Waals surface area contributed by atoms with Gasteiger partial charge in [0.15, 0.2) is 0 Å². The van der Waals surface area contributed by atoms with Gasteiger partial charge in [-0.3, -0.25) is 0 Å². The number of rotatable bonds is 2. The summed E-state index contributed by atoms with van der Waals surface area (Å²) in [4.78, 5) is 0. The number of benzene rings is 1.